The van der Waals surface area contributed by atoms with Crippen LogP contribution in [0.5, 0.6) is 11.5 Å². The van der Waals surface area contributed by atoms with E-state index < -0.39 is 11.6 Å². The Kier molecular flexibility index (Phi) is 4.08. The predicted molar refractivity (Wildman–Crippen MR) is 77.7 cm³/mol. The zero-order chi connectivity index (χ0) is 14.8. The standard InChI is InChI=1S/C16H14ClF2NO/c17-11-2-1-10(9-20-13-4-5-13)15(7-11)21-16-8-12(18)3-6-14(16)19/h1-3,6-8,13,20H,4-5,9H2. The third-order valence-corrected chi connectivity index (χ3v) is 3.54. The molecule has 0 unspecified atom stereocenters. The molecule has 2 nitrogen and oxygen atoms in total. The van der Waals surface area contributed by atoms with Crippen LogP contribution in [0.15, 0.2) is 36.4 Å². The minimum atomic E-state index is -0.613. The molecule has 0 saturated heterocycles. The molecule has 0 aliphatic heterocycles. The summed E-state index contributed by atoms with van der Waals surface area (Å²) in [6.07, 6.45) is 2.34. The molecule has 21 heavy (non-hydrogen) atoms. The summed E-state index contributed by atoms with van der Waals surface area (Å²) in [5, 5.41) is 3.84. The van der Waals surface area contributed by atoms with Crippen LogP contribution in [0.2, 0.25) is 5.02 Å². The molecule has 0 atom stereocenters. The maximum atomic E-state index is 13.7. The van der Waals surface area contributed by atoms with Crippen LogP contribution in [0.1, 0.15) is 18.4 Å². The normalized spacial score (nSPS) is 14.2. The quantitative estimate of drug-likeness (QED) is 0.867. The topological polar surface area (TPSA) is 21.3 Å². The largest absolute Gasteiger partial charge is 0.454 e. The molecule has 1 fully saturated rings. The van der Waals surface area contributed by atoms with Gasteiger partial charge in [-0.05, 0) is 37.1 Å². The molecule has 1 aliphatic carbocycles. The smallest absolute Gasteiger partial charge is 0.165 e. The Bertz CT molecular complexity index is 659. The zero-order valence-electron chi connectivity index (χ0n) is 11.2. The number of benzene rings is 2. The summed E-state index contributed by atoms with van der Waals surface area (Å²) in [6.45, 7) is 0.605. The molecule has 3 rings (SSSR count). The fourth-order valence-corrected chi connectivity index (χ4v) is 2.15. The fraction of sp³-hybridized carbons (Fsp3) is 0.250. The van der Waals surface area contributed by atoms with Gasteiger partial charge in [-0.1, -0.05) is 17.7 Å². The highest BCUT2D eigenvalue weighted by Gasteiger charge is 2.21. The van der Waals surface area contributed by atoms with Gasteiger partial charge in [0.05, 0.1) is 0 Å². The van der Waals surface area contributed by atoms with Gasteiger partial charge in [-0.3, -0.25) is 0 Å². The number of hydrogen-bond acceptors (Lipinski definition) is 2. The van der Waals surface area contributed by atoms with Gasteiger partial charge in [-0.25, -0.2) is 8.78 Å². The third-order valence-electron chi connectivity index (χ3n) is 3.30. The second-order valence-corrected chi connectivity index (χ2v) is 5.52. The molecule has 110 valence electrons. The summed E-state index contributed by atoms with van der Waals surface area (Å²) in [4.78, 5) is 0. The summed E-state index contributed by atoms with van der Waals surface area (Å²) < 4.78 is 32.4. The van der Waals surface area contributed by atoms with Gasteiger partial charge in [0.25, 0.3) is 0 Å². The van der Waals surface area contributed by atoms with Gasteiger partial charge in [-0.15, -0.1) is 0 Å². The van der Waals surface area contributed by atoms with E-state index in [1.165, 1.54) is 12.8 Å². The van der Waals surface area contributed by atoms with Crippen LogP contribution in [0, 0.1) is 11.6 Å². The van der Waals surface area contributed by atoms with Crippen LogP contribution < -0.4 is 10.1 Å². The van der Waals surface area contributed by atoms with E-state index in [-0.39, 0.29) is 5.75 Å². The first-order chi connectivity index (χ1) is 10.1. The first kappa shape index (κ1) is 14.3. The fourth-order valence-electron chi connectivity index (χ4n) is 1.99. The molecule has 0 aromatic heterocycles. The van der Waals surface area contributed by atoms with Crippen LogP contribution in [0.3, 0.4) is 0 Å². The van der Waals surface area contributed by atoms with E-state index in [9.17, 15) is 8.78 Å². The minimum absolute atomic E-state index is 0.148. The minimum Gasteiger partial charge on any atom is -0.454 e. The second kappa shape index (κ2) is 6.00. The number of nitrogens with one attached hydrogen (secondary N) is 1. The Morgan fingerprint density at radius 3 is 2.67 bits per heavy atom. The van der Waals surface area contributed by atoms with Gasteiger partial charge < -0.3 is 10.1 Å². The second-order valence-electron chi connectivity index (χ2n) is 5.08. The Labute approximate surface area is 126 Å². The average molecular weight is 310 g/mol. The van der Waals surface area contributed by atoms with Crippen molar-refractivity contribution in [1.82, 2.24) is 5.32 Å². The lowest BCUT2D eigenvalue weighted by atomic mass is 10.2. The summed E-state index contributed by atoms with van der Waals surface area (Å²) in [6, 6.07) is 8.83. The predicted octanol–water partition coefficient (Wildman–Crippen LogP) is 4.66. The molecule has 1 saturated carbocycles. The molecule has 0 bridgehead atoms. The first-order valence-electron chi connectivity index (χ1n) is 6.76. The Morgan fingerprint density at radius 2 is 1.90 bits per heavy atom. The van der Waals surface area contributed by atoms with Crippen molar-refractivity contribution in [3.8, 4) is 11.5 Å². The average Bonchev–Trinajstić information content (AvgIpc) is 3.26. The van der Waals surface area contributed by atoms with Gasteiger partial charge in [-0.2, -0.15) is 0 Å². The molecule has 0 amide bonds. The van der Waals surface area contributed by atoms with E-state index >= 15 is 0 Å². The van der Waals surface area contributed by atoms with Crippen molar-refractivity contribution in [3.05, 3.63) is 58.6 Å². The van der Waals surface area contributed by atoms with Crippen molar-refractivity contribution in [2.75, 3.05) is 0 Å². The monoisotopic (exact) mass is 309 g/mol. The Balaban J connectivity index is 1.85. The SMILES string of the molecule is Fc1ccc(F)c(Oc2cc(Cl)ccc2CNC2CC2)c1. The number of halogens is 3. The van der Waals surface area contributed by atoms with Crippen molar-refractivity contribution < 1.29 is 13.5 Å². The van der Waals surface area contributed by atoms with Gasteiger partial charge >= 0.3 is 0 Å². The van der Waals surface area contributed by atoms with Crippen molar-refractivity contribution in [2.24, 2.45) is 0 Å². The summed E-state index contributed by atoms with van der Waals surface area (Å²) in [7, 11) is 0. The van der Waals surface area contributed by atoms with E-state index in [1.54, 1.807) is 12.1 Å². The molecule has 5 heteroatoms. The number of ether oxygens (including phenoxy) is 1. The lowest BCUT2D eigenvalue weighted by Crippen LogP contribution is -2.15. The highest BCUT2D eigenvalue weighted by Crippen LogP contribution is 2.31. The van der Waals surface area contributed by atoms with Crippen LogP contribution in [0.4, 0.5) is 8.78 Å². The molecule has 1 aliphatic rings. The van der Waals surface area contributed by atoms with E-state index in [0.29, 0.717) is 23.4 Å². The van der Waals surface area contributed by atoms with Gasteiger partial charge in [0.1, 0.15) is 11.6 Å². The molecule has 0 radical (unpaired) electrons. The van der Waals surface area contributed by atoms with Crippen molar-refractivity contribution in [3.63, 3.8) is 0 Å². The van der Waals surface area contributed by atoms with E-state index in [2.05, 4.69) is 5.32 Å². The molecule has 0 spiro atoms. The highest BCUT2D eigenvalue weighted by molar-refractivity contribution is 6.30. The van der Waals surface area contributed by atoms with Gasteiger partial charge in [0.15, 0.2) is 11.6 Å². The van der Waals surface area contributed by atoms with E-state index in [1.807, 2.05) is 6.07 Å². The van der Waals surface area contributed by atoms with Gasteiger partial charge in [0, 0.05) is 29.2 Å². The molecule has 0 heterocycles. The van der Waals surface area contributed by atoms with E-state index in [4.69, 9.17) is 16.3 Å². The first-order valence-corrected chi connectivity index (χ1v) is 7.14. The molecular formula is C16H14ClF2NO. The summed E-state index contributed by atoms with van der Waals surface area (Å²) >= 11 is 5.96. The van der Waals surface area contributed by atoms with Crippen LogP contribution in [0.25, 0.3) is 0 Å². The maximum Gasteiger partial charge on any atom is 0.165 e. The Hall–Kier alpha value is -1.65. The summed E-state index contributed by atoms with van der Waals surface area (Å²) in [5.74, 6) is -0.881. The van der Waals surface area contributed by atoms with Crippen LogP contribution in [-0.4, -0.2) is 6.04 Å². The zero-order valence-corrected chi connectivity index (χ0v) is 12.0. The van der Waals surface area contributed by atoms with Crippen LogP contribution >= 0.6 is 11.6 Å². The van der Waals surface area contributed by atoms with E-state index in [0.717, 1.165) is 23.8 Å². The highest BCUT2D eigenvalue weighted by atomic mass is 35.5. The summed E-state index contributed by atoms with van der Waals surface area (Å²) in [5.41, 5.74) is 0.856. The van der Waals surface area contributed by atoms with Gasteiger partial charge in [0.2, 0.25) is 0 Å². The van der Waals surface area contributed by atoms with Crippen LogP contribution in [-0.2, 0) is 6.54 Å². The lowest BCUT2D eigenvalue weighted by Gasteiger charge is -2.13. The van der Waals surface area contributed by atoms with Crippen molar-refractivity contribution >= 4 is 11.6 Å². The molecular weight excluding hydrogens is 296 g/mol. The Morgan fingerprint density at radius 1 is 1.10 bits per heavy atom. The molecule has 1 N–H and O–H groups in total. The molecule has 2 aromatic rings. The molecule has 2 aromatic carbocycles. The number of rotatable bonds is 5. The third kappa shape index (κ3) is 3.71. The van der Waals surface area contributed by atoms with Crippen molar-refractivity contribution in [1.29, 1.82) is 0 Å². The van der Waals surface area contributed by atoms with Crippen molar-refractivity contribution in [2.45, 2.75) is 25.4 Å². The lowest BCUT2D eigenvalue weighted by molar-refractivity contribution is 0.430. The number of hydrogen-bond donors (Lipinski definition) is 1. The maximum absolute atomic E-state index is 13.7.